The third-order valence-electron chi connectivity index (χ3n) is 3.74. The van der Waals surface area contributed by atoms with Gasteiger partial charge in [0.2, 0.25) is 5.95 Å². The Labute approximate surface area is 144 Å². The maximum absolute atomic E-state index is 12.5. The molecule has 0 unspecified atom stereocenters. The molecule has 0 aliphatic rings. The van der Waals surface area contributed by atoms with Crippen LogP contribution in [-0.4, -0.2) is 21.5 Å². The van der Waals surface area contributed by atoms with Crippen LogP contribution in [0.3, 0.4) is 0 Å². The van der Waals surface area contributed by atoms with Gasteiger partial charge in [0, 0.05) is 17.8 Å². The predicted molar refractivity (Wildman–Crippen MR) is 97.6 cm³/mol. The summed E-state index contributed by atoms with van der Waals surface area (Å²) < 4.78 is 2.00. The van der Waals surface area contributed by atoms with Crippen molar-refractivity contribution in [2.24, 2.45) is 5.73 Å². The number of hydrogen-bond acceptors (Lipinski definition) is 3. The topological polar surface area (TPSA) is 102 Å². The van der Waals surface area contributed by atoms with Crippen LogP contribution in [0, 0.1) is 0 Å². The number of imidazole rings is 1. The first-order valence-electron chi connectivity index (χ1n) is 8.01. The smallest absolute Gasteiger partial charge is 0.316 e. The van der Waals surface area contributed by atoms with E-state index < -0.39 is 6.03 Å². The molecule has 1 aromatic heterocycles. The van der Waals surface area contributed by atoms with Crippen LogP contribution in [0.2, 0.25) is 0 Å². The lowest BCUT2D eigenvalue weighted by Crippen LogP contribution is -2.19. The number of primary amides is 1. The Bertz CT molecular complexity index is 915. The molecule has 7 nitrogen and oxygen atoms in total. The first-order valence-corrected chi connectivity index (χ1v) is 8.01. The van der Waals surface area contributed by atoms with E-state index in [-0.39, 0.29) is 5.91 Å². The van der Waals surface area contributed by atoms with E-state index in [9.17, 15) is 9.59 Å². The number of nitrogens with one attached hydrogen (secondary N) is 2. The summed E-state index contributed by atoms with van der Waals surface area (Å²) >= 11 is 0. The molecule has 4 N–H and O–H groups in total. The van der Waals surface area contributed by atoms with E-state index in [4.69, 9.17) is 5.73 Å². The fourth-order valence-corrected chi connectivity index (χ4v) is 2.64. The largest absolute Gasteiger partial charge is 0.351 e. The molecule has 0 saturated carbocycles. The molecule has 0 saturated heterocycles. The van der Waals surface area contributed by atoms with E-state index in [0.29, 0.717) is 17.2 Å². The van der Waals surface area contributed by atoms with E-state index in [1.54, 1.807) is 24.3 Å². The summed E-state index contributed by atoms with van der Waals surface area (Å²) in [6.07, 6.45) is 0.927. The molecule has 2 aromatic carbocycles. The quantitative estimate of drug-likeness (QED) is 0.666. The minimum atomic E-state index is -0.648. The molecule has 3 aromatic rings. The van der Waals surface area contributed by atoms with Crippen molar-refractivity contribution in [2.45, 2.75) is 19.9 Å². The van der Waals surface area contributed by atoms with Crippen LogP contribution in [0.15, 0.2) is 48.5 Å². The highest BCUT2D eigenvalue weighted by atomic mass is 16.2. The number of hydrogen-bond donors (Lipinski definition) is 3. The lowest BCUT2D eigenvalue weighted by Gasteiger charge is -2.09. The fraction of sp³-hybridized carbons (Fsp3) is 0.167. The average molecular weight is 337 g/mol. The molecule has 0 radical (unpaired) electrons. The van der Waals surface area contributed by atoms with Gasteiger partial charge in [-0.05, 0) is 42.8 Å². The van der Waals surface area contributed by atoms with Crippen molar-refractivity contribution in [1.29, 1.82) is 0 Å². The second-order valence-electron chi connectivity index (χ2n) is 5.60. The van der Waals surface area contributed by atoms with Crippen LogP contribution >= 0.6 is 0 Å². The Balaban J connectivity index is 1.84. The normalized spacial score (nSPS) is 10.6. The number of para-hydroxylation sites is 2. The minimum Gasteiger partial charge on any atom is -0.351 e. The highest BCUT2D eigenvalue weighted by molar-refractivity contribution is 6.04. The third kappa shape index (κ3) is 3.60. The minimum absolute atomic E-state index is 0.265. The van der Waals surface area contributed by atoms with Gasteiger partial charge >= 0.3 is 6.03 Å². The SMILES string of the molecule is CCCn1c(NC(=O)c2ccc(NC(N)=O)cc2)nc2ccccc21. The first-order chi connectivity index (χ1) is 12.1. The molecule has 0 atom stereocenters. The summed E-state index contributed by atoms with van der Waals surface area (Å²) in [6, 6.07) is 13.6. The molecule has 128 valence electrons. The maximum Gasteiger partial charge on any atom is 0.316 e. The molecule has 3 rings (SSSR count). The van der Waals surface area contributed by atoms with Crippen LogP contribution in [0.1, 0.15) is 23.7 Å². The van der Waals surface area contributed by atoms with Gasteiger partial charge in [0.05, 0.1) is 11.0 Å². The molecule has 25 heavy (non-hydrogen) atoms. The van der Waals surface area contributed by atoms with Crippen LogP contribution < -0.4 is 16.4 Å². The van der Waals surface area contributed by atoms with Gasteiger partial charge in [-0.25, -0.2) is 9.78 Å². The number of nitrogens with zero attached hydrogens (tertiary/aromatic N) is 2. The molecule has 0 fully saturated rings. The fourth-order valence-electron chi connectivity index (χ4n) is 2.64. The molecule has 0 aliphatic heterocycles. The van der Waals surface area contributed by atoms with Gasteiger partial charge in [-0.3, -0.25) is 10.1 Å². The molecule has 1 heterocycles. The number of anilines is 2. The monoisotopic (exact) mass is 337 g/mol. The Morgan fingerprint density at radius 2 is 1.80 bits per heavy atom. The van der Waals surface area contributed by atoms with E-state index in [1.807, 2.05) is 28.8 Å². The zero-order chi connectivity index (χ0) is 17.8. The average Bonchev–Trinajstić information content (AvgIpc) is 2.93. The molecular formula is C18H19N5O2. The summed E-state index contributed by atoms with van der Waals surface area (Å²) in [5.74, 6) is 0.255. The van der Waals surface area contributed by atoms with Crippen molar-refractivity contribution >= 4 is 34.6 Å². The molecule has 0 spiro atoms. The molecular weight excluding hydrogens is 318 g/mol. The van der Waals surface area contributed by atoms with Crippen molar-refractivity contribution in [1.82, 2.24) is 9.55 Å². The number of urea groups is 1. The number of aromatic nitrogens is 2. The second-order valence-corrected chi connectivity index (χ2v) is 5.60. The Morgan fingerprint density at radius 1 is 1.08 bits per heavy atom. The summed E-state index contributed by atoms with van der Waals surface area (Å²) in [5, 5.41) is 5.32. The van der Waals surface area contributed by atoms with Crippen LogP contribution in [0.25, 0.3) is 11.0 Å². The lowest BCUT2D eigenvalue weighted by atomic mass is 10.2. The van der Waals surface area contributed by atoms with Gasteiger partial charge < -0.3 is 15.6 Å². The number of aryl methyl sites for hydroxylation is 1. The van der Waals surface area contributed by atoms with Crippen molar-refractivity contribution < 1.29 is 9.59 Å². The molecule has 7 heteroatoms. The van der Waals surface area contributed by atoms with Crippen LogP contribution in [0.4, 0.5) is 16.4 Å². The van der Waals surface area contributed by atoms with Crippen LogP contribution in [0.5, 0.6) is 0 Å². The van der Waals surface area contributed by atoms with Crippen molar-refractivity contribution in [3.05, 3.63) is 54.1 Å². The highest BCUT2D eigenvalue weighted by Crippen LogP contribution is 2.21. The number of amides is 3. The molecule has 0 bridgehead atoms. The molecule has 0 aliphatic carbocycles. The van der Waals surface area contributed by atoms with Crippen LogP contribution in [-0.2, 0) is 6.54 Å². The summed E-state index contributed by atoms with van der Waals surface area (Å²) in [5.41, 5.74) is 7.89. The highest BCUT2D eigenvalue weighted by Gasteiger charge is 2.14. The number of fused-ring (bicyclic) bond motifs is 1. The number of carbonyl (C=O) groups is 2. The Morgan fingerprint density at radius 3 is 2.48 bits per heavy atom. The summed E-state index contributed by atoms with van der Waals surface area (Å²) in [6.45, 7) is 2.84. The third-order valence-corrected chi connectivity index (χ3v) is 3.74. The van der Waals surface area contributed by atoms with E-state index in [0.717, 1.165) is 24.0 Å². The van der Waals surface area contributed by atoms with Gasteiger partial charge in [-0.2, -0.15) is 0 Å². The summed E-state index contributed by atoms with van der Waals surface area (Å²) in [7, 11) is 0. The number of nitrogens with two attached hydrogens (primary N) is 1. The number of carbonyl (C=O) groups excluding carboxylic acids is 2. The summed E-state index contributed by atoms with van der Waals surface area (Å²) in [4.78, 5) is 27.8. The number of rotatable bonds is 5. The van der Waals surface area contributed by atoms with Gasteiger partial charge in [0.1, 0.15) is 0 Å². The molecule has 3 amide bonds. The van der Waals surface area contributed by atoms with Crippen molar-refractivity contribution in [2.75, 3.05) is 10.6 Å². The maximum atomic E-state index is 12.5. The number of benzene rings is 2. The first kappa shape index (κ1) is 16.5. The van der Waals surface area contributed by atoms with Gasteiger partial charge in [-0.1, -0.05) is 19.1 Å². The zero-order valence-corrected chi connectivity index (χ0v) is 13.8. The van der Waals surface area contributed by atoms with E-state index >= 15 is 0 Å². The standard InChI is InChI=1S/C18H19N5O2/c1-2-11-23-15-6-4-3-5-14(15)21-18(23)22-16(24)12-7-9-13(10-8-12)20-17(19)25/h3-10H,2,11H2,1H3,(H3,19,20,25)(H,21,22,24). The van der Waals surface area contributed by atoms with Crippen molar-refractivity contribution in [3.8, 4) is 0 Å². The van der Waals surface area contributed by atoms with E-state index in [2.05, 4.69) is 22.5 Å². The lowest BCUT2D eigenvalue weighted by molar-refractivity contribution is 0.102. The predicted octanol–water partition coefficient (Wildman–Crippen LogP) is 3.19. The Hall–Kier alpha value is -3.35. The van der Waals surface area contributed by atoms with E-state index in [1.165, 1.54) is 0 Å². The Kier molecular flexibility index (Phi) is 4.65. The van der Waals surface area contributed by atoms with Gasteiger partial charge in [0.15, 0.2) is 0 Å². The van der Waals surface area contributed by atoms with Crippen molar-refractivity contribution in [3.63, 3.8) is 0 Å². The second kappa shape index (κ2) is 7.04. The van der Waals surface area contributed by atoms with Gasteiger partial charge in [0.25, 0.3) is 5.91 Å². The zero-order valence-electron chi connectivity index (χ0n) is 13.8. The van der Waals surface area contributed by atoms with Gasteiger partial charge in [-0.15, -0.1) is 0 Å².